The second-order valence-electron chi connectivity index (χ2n) is 9.69. The van der Waals surface area contributed by atoms with Gasteiger partial charge in [-0.15, -0.1) is 0 Å². The largest absolute Gasteiger partial charge is 0.381 e. The Bertz CT molecular complexity index is 1340. The smallest absolute Gasteiger partial charge is 0.306 e. The number of amides is 3. The third kappa shape index (κ3) is 4.26. The van der Waals surface area contributed by atoms with Crippen molar-refractivity contribution in [2.45, 2.75) is 36.9 Å². The van der Waals surface area contributed by atoms with Crippen LogP contribution in [0, 0.1) is 5.82 Å². The lowest BCUT2D eigenvalue weighted by atomic mass is 9.86. The van der Waals surface area contributed by atoms with Crippen molar-refractivity contribution in [3.8, 4) is 0 Å². The molecule has 0 spiro atoms. The number of fused-ring (bicyclic) bond motifs is 1. The van der Waals surface area contributed by atoms with Gasteiger partial charge in [-0.2, -0.15) is 0 Å². The third-order valence-corrected chi connectivity index (χ3v) is 7.28. The second-order valence-corrected chi connectivity index (χ2v) is 9.69. The first-order chi connectivity index (χ1) is 18.4. The average molecular weight is 547 g/mol. The van der Waals surface area contributed by atoms with E-state index < -0.39 is 47.4 Å². The first-order valence-electron chi connectivity index (χ1n) is 12.1. The molecule has 13 nitrogen and oxygen atoms in total. The van der Waals surface area contributed by atoms with Crippen LogP contribution in [-0.2, 0) is 34.0 Å². The average Bonchev–Trinajstić information content (AvgIpc) is 3.25. The lowest BCUT2D eigenvalue weighted by Crippen LogP contribution is -2.85. The maximum Gasteiger partial charge on any atom is 0.306 e. The fraction of sp³-hybridized carbons (Fsp3) is 0.400. The van der Waals surface area contributed by atoms with Gasteiger partial charge in [0.15, 0.2) is 0 Å². The number of piperidine rings is 1. The second kappa shape index (κ2) is 9.60. The van der Waals surface area contributed by atoms with E-state index in [2.05, 4.69) is 10.2 Å². The van der Waals surface area contributed by atoms with Gasteiger partial charge in [-0.1, -0.05) is 12.1 Å². The number of carbonyl (C=O) groups excluding carboxylic acids is 3. The molecular weight excluding hydrogens is 519 g/mol. The van der Waals surface area contributed by atoms with Crippen LogP contribution in [0.2, 0.25) is 0 Å². The molecule has 0 aromatic heterocycles. The van der Waals surface area contributed by atoms with Crippen molar-refractivity contribution in [1.29, 1.82) is 0 Å². The van der Waals surface area contributed by atoms with Crippen LogP contribution < -0.4 is 10.6 Å². The van der Waals surface area contributed by atoms with Gasteiger partial charge in [0.25, 0.3) is 29.2 Å². The fourth-order valence-corrected chi connectivity index (χ4v) is 4.98. The number of hydrogen-bond donors (Lipinski definition) is 7. The highest BCUT2D eigenvalue weighted by Gasteiger charge is 2.76. The van der Waals surface area contributed by atoms with Gasteiger partial charge in [0.1, 0.15) is 5.82 Å². The summed E-state index contributed by atoms with van der Waals surface area (Å²) in [6.07, 6.45) is 0. The Kier molecular flexibility index (Phi) is 6.67. The molecule has 14 heteroatoms. The highest BCUT2D eigenvalue weighted by Crippen LogP contribution is 2.42. The van der Waals surface area contributed by atoms with Gasteiger partial charge in [0.05, 0.1) is 19.8 Å². The summed E-state index contributed by atoms with van der Waals surface area (Å²) in [4.78, 5) is 40.0. The summed E-state index contributed by atoms with van der Waals surface area (Å²) in [6, 6.07) is 9.18. The molecule has 3 aliphatic rings. The number of hydrogen-bond acceptors (Lipinski definition) is 11. The van der Waals surface area contributed by atoms with Gasteiger partial charge in [-0.3, -0.25) is 29.5 Å². The predicted octanol–water partition coefficient (Wildman–Crippen LogP) is -2.07. The molecule has 0 aliphatic carbocycles. The summed E-state index contributed by atoms with van der Waals surface area (Å²) in [7, 11) is 0. The molecule has 39 heavy (non-hydrogen) atoms. The fourth-order valence-electron chi connectivity index (χ4n) is 4.98. The van der Waals surface area contributed by atoms with Crippen LogP contribution in [-0.4, -0.2) is 96.7 Å². The maximum atomic E-state index is 14.6. The molecule has 7 N–H and O–H groups in total. The number of nitrogens with zero attached hydrogens (tertiary/aromatic N) is 2. The normalized spacial score (nSPS) is 24.5. The van der Waals surface area contributed by atoms with E-state index in [0.29, 0.717) is 35.9 Å². The van der Waals surface area contributed by atoms with Gasteiger partial charge < -0.3 is 35.6 Å². The molecule has 208 valence electrons. The lowest BCUT2D eigenvalue weighted by molar-refractivity contribution is -0.407. The van der Waals surface area contributed by atoms with Crippen molar-refractivity contribution in [2.75, 3.05) is 31.6 Å². The van der Waals surface area contributed by atoms with Gasteiger partial charge in [-0.25, -0.2) is 4.39 Å². The van der Waals surface area contributed by atoms with E-state index in [4.69, 9.17) is 4.74 Å². The van der Waals surface area contributed by atoms with Crippen molar-refractivity contribution in [2.24, 2.45) is 0 Å². The monoisotopic (exact) mass is 546 g/mol. The molecule has 0 radical (unpaired) electrons. The van der Waals surface area contributed by atoms with E-state index >= 15 is 0 Å². The van der Waals surface area contributed by atoms with E-state index in [-0.39, 0.29) is 17.7 Å². The van der Waals surface area contributed by atoms with Crippen LogP contribution in [0.4, 0.5) is 10.1 Å². The summed E-state index contributed by atoms with van der Waals surface area (Å²) < 4.78 is 20.0. The van der Waals surface area contributed by atoms with Crippen LogP contribution in [0.5, 0.6) is 0 Å². The van der Waals surface area contributed by atoms with Crippen LogP contribution in [0.3, 0.4) is 0 Å². The number of benzene rings is 2. The Morgan fingerprint density at radius 2 is 1.72 bits per heavy atom. The minimum atomic E-state index is -4.19. The highest BCUT2D eigenvalue weighted by atomic mass is 19.1. The lowest BCUT2D eigenvalue weighted by Gasteiger charge is -2.50. The molecule has 1 unspecified atom stereocenters. The summed E-state index contributed by atoms with van der Waals surface area (Å²) in [6.45, 7) is 2.82. The van der Waals surface area contributed by atoms with Crippen molar-refractivity contribution in [3.05, 3.63) is 64.5 Å². The topological polar surface area (TPSA) is 192 Å². The quantitative estimate of drug-likeness (QED) is 0.156. The number of rotatable bonds is 6. The van der Waals surface area contributed by atoms with E-state index in [1.54, 1.807) is 18.2 Å². The molecule has 3 aliphatic heterocycles. The summed E-state index contributed by atoms with van der Waals surface area (Å²) in [5, 5.41) is 56.1. The number of imide groups is 1. The molecule has 0 saturated carbocycles. The minimum absolute atomic E-state index is 0.00696. The predicted molar refractivity (Wildman–Crippen MR) is 129 cm³/mol. The number of aliphatic hydroxyl groups is 5. The SMILES string of the molecule is O=C1c2cccc(NCc3cc(CN4CCOCC4)ccc3F)c2CN1C1(O)C(=O)NC(=O)C(O)(O)C1(O)O. The Morgan fingerprint density at radius 1 is 1.00 bits per heavy atom. The summed E-state index contributed by atoms with van der Waals surface area (Å²) >= 11 is 0. The highest BCUT2D eigenvalue weighted by molar-refractivity contribution is 6.10. The zero-order valence-electron chi connectivity index (χ0n) is 20.6. The molecule has 2 aromatic carbocycles. The van der Waals surface area contributed by atoms with Crippen molar-refractivity contribution < 1.29 is 49.0 Å². The van der Waals surface area contributed by atoms with E-state index in [1.165, 1.54) is 23.5 Å². The molecule has 1 atom stereocenters. The van der Waals surface area contributed by atoms with Crippen LogP contribution in [0.15, 0.2) is 36.4 Å². The number of halogens is 1. The van der Waals surface area contributed by atoms with Gasteiger partial charge >= 0.3 is 5.79 Å². The van der Waals surface area contributed by atoms with Gasteiger partial charge in [0.2, 0.25) is 0 Å². The van der Waals surface area contributed by atoms with E-state index in [1.807, 2.05) is 0 Å². The Morgan fingerprint density at radius 3 is 2.44 bits per heavy atom. The molecule has 0 bridgehead atoms. The number of anilines is 1. The Balaban J connectivity index is 1.38. The first kappa shape index (κ1) is 27.1. The van der Waals surface area contributed by atoms with E-state index in [9.17, 15) is 44.3 Å². The van der Waals surface area contributed by atoms with Crippen LogP contribution >= 0.6 is 0 Å². The molecule has 2 fully saturated rings. The standard InChI is InChI=1S/C25H27FN4O9/c26-18-5-4-14(12-29-6-8-39-9-7-29)10-15(18)11-27-19-3-1-2-16-17(19)13-30(20(16)31)23(34)21(32)28-22(33)24(35,36)25(23,37)38/h1-5,10,27,34-38H,6-9,11-13H2,(H,28,32,33). The Hall–Kier alpha value is -3.50. The van der Waals surface area contributed by atoms with E-state index in [0.717, 1.165) is 18.7 Å². The first-order valence-corrected chi connectivity index (χ1v) is 12.1. The molecular formula is C25H27FN4O9. The summed E-state index contributed by atoms with van der Waals surface area (Å²) in [5.41, 5.74) is -1.93. The number of carbonyl (C=O) groups is 3. The van der Waals surface area contributed by atoms with Crippen molar-refractivity contribution in [3.63, 3.8) is 0 Å². The third-order valence-electron chi connectivity index (χ3n) is 7.28. The zero-order valence-corrected chi connectivity index (χ0v) is 20.6. The number of morpholine rings is 1. The van der Waals surface area contributed by atoms with Gasteiger partial charge in [0, 0.05) is 48.6 Å². The van der Waals surface area contributed by atoms with Crippen molar-refractivity contribution in [1.82, 2.24) is 15.1 Å². The van der Waals surface area contributed by atoms with Gasteiger partial charge in [-0.05, 0) is 29.8 Å². The zero-order chi connectivity index (χ0) is 28.2. The number of nitrogens with one attached hydrogen (secondary N) is 2. The van der Waals surface area contributed by atoms with Crippen LogP contribution in [0.25, 0.3) is 0 Å². The minimum Gasteiger partial charge on any atom is -0.381 e. The summed E-state index contributed by atoms with van der Waals surface area (Å²) in [5.74, 6) is -13.4. The molecule has 3 heterocycles. The number of ether oxygens (including phenoxy) is 1. The van der Waals surface area contributed by atoms with Crippen molar-refractivity contribution >= 4 is 23.4 Å². The molecule has 2 aromatic rings. The van der Waals surface area contributed by atoms with Crippen LogP contribution in [0.1, 0.15) is 27.0 Å². The molecule has 2 saturated heterocycles. The Labute approximate surface area is 221 Å². The molecule has 5 rings (SSSR count). The molecule has 3 amide bonds. The maximum absolute atomic E-state index is 14.6.